The molecule has 2 saturated heterocycles. The highest BCUT2D eigenvalue weighted by molar-refractivity contribution is 5.37. The molecule has 0 aliphatic carbocycles. The Bertz CT molecular complexity index is 152. The van der Waals surface area contributed by atoms with Crippen LogP contribution in [0.4, 0.5) is 0 Å². The molecular formula is C8H15NO3. The minimum Gasteiger partial charge on any atom is -0.462 e. The number of hydrogen-bond donors (Lipinski definition) is 1. The molecule has 0 bridgehead atoms. The Morgan fingerprint density at radius 1 is 1.58 bits per heavy atom. The number of hydrogen-bond acceptors (Lipinski definition) is 4. The first-order valence-electron chi connectivity index (χ1n) is 4.02. The van der Waals surface area contributed by atoms with Crippen molar-refractivity contribution < 1.29 is 14.3 Å². The van der Waals surface area contributed by atoms with E-state index in [4.69, 9.17) is 4.74 Å². The number of ether oxygens (including phenoxy) is 2. The van der Waals surface area contributed by atoms with E-state index < -0.39 is 0 Å². The number of rotatable bonds is 1. The van der Waals surface area contributed by atoms with E-state index in [0.29, 0.717) is 12.7 Å². The molecule has 0 aromatic carbocycles. The van der Waals surface area contributed by atoms with Crippen LogP contribution in [0.1, 0.15) is 20.8 Å². The highest BCUT2D eigenvalue weighted by atomic mass is 16.6. The average Bonchev–Trinajstić information content (AvgIpc) is 2.37. The molecule has 2 heterocycles. The van der Waals surface area contributed by atoms with Gasteiger partial charge in [0.15, 0.2) is 0 Å². The second-order valence-corrected chi connectivity index (χ2v) is 3.85. The molecule has 12 heavy (non-hydrogen) atoms. The predicted molar refractivity (Wildman–Crippen MR) is 43.6 cm³/mol. The van der Waals surface area contributed by atoms with Crippen LogP contribution in [-0.2, 0) is 14.3 Å². The van der Waals surface area contributed by atoms with Gasteiger partial charge >= 0.3 is 0 Å². The molecule has 2 aliphatic heterocycles. The maximum Gasteiger partial charge on any atom is 0.293 e. The van der Waals surface area contributed by atoms with Crippen LogP contribution in [0.5, 0.6) is 0 Å². The van der Waals surface area contributed by atoms with Gasteiger partial charge in [0, 0.05) is 0 Å². The predicted octanol–water partition coefficient (Wildman–Crippen LogP) is 0.272. The molecule has 0 amide bonds. The lowest BCUT2D eigenvalue weighted by atomic mass is 10.2. The molecule has 0 radical (unpaired) electrons. The molecular weight excluding hydrogens is 158 g/mol. The highest BCUT2D eigenvalue weighted by Gasteiger charge is 2.46. The van der Waals surface area contributed by atoms with Crippen LogP contribution in [0, 0.1) is 0 Å². The molecule has 2 aliphatic rings. The first-order valence-corrected chi connectivity index (χ1v) is 4.02. The molecule has 70 valence electrons. The summed E-state index contributed by atoms with van der Waals surface area (Å²) in [5.74, 6) is 0. The van der Waals surface area contributed by atoms with Crippen molar-refractivity contribution in [2.24, 2.45) is 0 Å². The molecule has 4 heteroatoms. The minimum atomic E-state index is -0.318. The van der Waals surface area contributed by atoms with Crippen molar-refractivity contribution >= 4 is 6.47 Å². The lowest BCUT2D eigenvalue weighted by Crippen LogP contribution is -2.17. The number of carbonyl (C=O) groups excluding carboxylic acids is 1. The largest absolute Gasteiger partial charge is 0.462 e. The first-order chi connectivity index (χ1) is 5.53. The molecule has 0 spiro atoms. The average molecular weight is 173 g/mol. The summed E-state index contributed by atoms with van der Waals surface area (Å²) in [5.41, 5.74) is -0.318. The van der Waals surface area contributed by atoms with Crippen LogP contribution in [-0.4, -0.2) is 30.9 Å². The zero-order valence-corrected chi connectivity index (χ0v) is 7.66. The summed E-state index contributed by atoms with van der Waals surface area (Å²) in [6.07, 6.45) is 0.481. The minimum absolute atomic E-state index is 0.318. The van der Waals surface area contributed by atoms with Gasteiger partial charge in [-0.15, -0.1) is 0 Å². The second-order valence-electron chi connectivity index (χ2n) is 3.85. The maximum atomic E-state index is 9.60. The van der Waals surface area contributed by atoms with Gasteiger partial charge in [0.25, 0.3) is 6.47 Å². The van der Waals surface area contributed by atoms with Crippen LogP contribution in [0.15, 0.2) is 0 Å². The summed E-state index contributed by atoms with van der Waals surface area (Å²) in [6.45, 7) is 6.87. The topological polar surface area (TPSA) is 57.5 Å². The highest BCUT2D eigenvalue weighted by Crippen LogP contribution is 2.22. The fraction of sp³-hybridized carbons (Fsp3) is 0.875. The summed E-state index contributed by atoms with van der Waals surface area (Å²) in [7, 11) is 0. The molecule has 0 aromatic rings. The van der Waals surface area contributed by atoms with E-state index in [-0.39, 0.29) is 5.60 Å². The summed E-state index contributed by atoms with van der Waals surface area (Å²) < 4.78 is 9.44. The molecule has 2 rings (SSSR count). The Kier molecular flexibility index (Phi) is 2.69. The Hall–Kier alpha value is -0.610. The number of nitrogens with one attached hydrogen (secondary N) is 1. The fourth-order valence-electron chi connectivity index (χ4n) is 0.685. The van der Waals surface area contributed by atoms with E-state index in [1.807, 2.05) is 20.8 Å². The van der Waals surface area contributed by atoms with Crippen molar-refractivity contribution in [1.29, 1.82) is 0 Å². The van der Waals surface area contributed by atoms with Crippen LogP contribution in [0.3, 0.4) is 0 Å². The molecule has 0 aromatic heterocycles. The molecule has 2 fully saturated rings. The van der Waals surface area contributed by atoms with Crippen molar-refractivity contribution in [1.82, 2.24) is 5.32 Å². The zero-order chi connectivity index (χ0) is 9.19. The maximum absolute atomic E-state index is 9.60. The van der Waals surface area contributed by atoms with Crippen molar-refractivity contribution in [3.63, 3.8) is 0 Å². The summed E-state index contributed by atoms with van der Waals surface area (Å²) in [5, 5.41) is 3.08. The van der Waals surface area contributed by atoms with Gasteiger partial charge in [-0.1, -0.05) is 0 Å². The Balaban J connectivity index is 0.000000123. The van der Waals surface area contributed by atoms with Gasteiger partial charge in [-0.25, -0.2) is 0 Å². The Morgan fingerprint density at radius 3 is 2.17 bits per heavy atom. The quantitative estimate of drug-likeness (QED) is 0.457. The van der Waals surface area contributed by atoms with E-state index in [0.717, 1.165) is 12.6 Å². The lowest BCUT2D eigenvalue weighted by molar-refractivity contribution is -0.138. The summed E-state index contributed by atoms with van der Waals surface area (Å²) in [4.78, 5) is 9.60. The van der Waals surface area contributed by atoms with Gasteiger partial charge in [0.2, 0.25) is 0 Å². The SMILES string of the molecule is C1OC2NC12.CC(C)(C)OC=O. The molecule has 2 atom stereocenters. The standard InChI is InChI=1S/C5H10O2.C3H5NO/c1-5(2,3)7-4-6;1-2-3(4-2)5-1/h4H,1-3H3;2-4H,1H2. The second kappa shape index (κ2) is 3.41. The fourth-order valence-corrected chi connectivity index (χ4v) is 0.685. The van der Waals surface area contributed by atoms with E-state index in [1.54, 1.807) is 0 Å². The summed E-state index contributed by atoms with van der Waals surface area (Å²) in [6, 6.07) is 0.759. The lowest BCUT2D eigenvalue weighted by Gasteiger charge is -2.14. The Morgan fingerprint density at radius 2 is 2.17 bits per heavy atom. The summed E-state index contributed by atoms with van der Waals surface area (Å²) >= 11 is 0. The zero-order valence-electron chi connectivity index (χ0n) is 7.66. The van der Waals surface area contributed by atoms with Crippen molar-refractivity contribution in [3.05, 3.63) is 0 Å². The first kappa shape index (κ1) is 9.48. The van der Waals surface area contributed by atoms with Gasteiger partial charge in [-0.3, -0.25) is 10.1 Å². The van der Waals surface area contributed by atoms with Gasteiger partial charge in [-0.2, -0.15) is 0 Å². The third-order valence-corrected chi connectivity index (χ3v) is 1.49. The van der Waals surface area contributed by atoms with Gasteiger partial charge in [0.05, 0.1) is 12.6 Å². The van der Waals surface area contributed by atoms with E-state index in [9.17, 15) is 4.79 Å². The smallest absolute Gasteiger partial charge is 0.293 e. The Labute approximate surface area is 72.2 Å². The molecule has 0 saturated carbocycles. The van der Waals surface area contributed by atoms with Gasteiger partial charge < -0.3 is 9.47 Å². The van der Waals surface area contributed by atoms with E-state index in [1.165, 1.54) is 0 Å². The van der Waals surface area contributed by atoms with Crippen molar-refractivity contribution in [3.8, 4) is 0 Å². The number of carbonyl (C=O) groups is 1. The van der Waals surface area contributed by atoms with E-state index in [2.05, 4.69) is 10.1 Å². The van der Waals surface area contributed by atoms with Gasteiger partial charge in [-0.05, 0) is 20.8 Å². The molecule has 1 N–H and O–H groups in total. The van der Waals surface area contributed by atoms with Crippen LogP contribution in [0.25, 0.3) is 0 Å². The number of fused-ring (bicyclic) bond motifs is 1. The van der Waals surface area contributed by atoms with Crippen molar-refractivity contribution in [2.75, 3.05) is 6.61 Å². The normalized spacial score (nSPS) is 30.2. The monoisotopic (exact) mass is 173 g/mol. The van der Waals surface area contributed by atoms with Crippen LogP contribution >= 0.6 is 0 Å². The van der Waals surface area contributed by atoms with Crippen LogP contribution in [0.2, 0.25) is 0 Å². The molecule has 2 unspecified atom stereocenters. The molecule has 4 nitrogen and oxygen atoms in total. The third kappa shape index (κ3) is 3.19. The third-order valence-electron chi connectivity index (χ3n) is 1.49. The van der Waals surface area contributed by atoms with Crippen LogP contribution < -0.4 is 5.32 Å². The van der Waals surface area contributed by atoms with Crippen molar-refractivity contribution in [2.45, 2.75) is 38.6 Å². The van der Waals surface area contributed by atoms with Gasteiger partial charge in [0.1, 0.15) is 11.8 Å². The van der Waals surface area contributed by atoms with E-state index >= 15 is 0 Å².